The summed E-state index contributed by atoms with van der Waals surface area (Å²) >= 11 is 0. The Balaban J connectivity index is 1.50. The van der Waals surface area contributed by atoms with Crippen LogP contribution in [0.3, 0.4) is 0 Å². The molecule has 45 heavy (non-hydrogen) atoms. The maximum atomic E-state index is 13.1. The Morgan fingerprint density at radius 2 is 1.89 bits per heavy atom. The second-order valence-corrected chi connectivity index (χ2v) is 19.4. The van der Waals surface area contributed by atoms with E-state index in [1.54, 1.807) is 0 Å². The molecule has 2 saturated heterocycles. The van der Waals surface area contributed by atoms with E-state index in [0.717, 1.165) is 49.3 Å². The molecule has 0 spiro atoms. The molecule has 1 N–H and O–H groups in total. The highest BCUT2D eigenvalue weighted by molar-refractivity contribution is 6.76. The summed E-state index contributed by atoms with van der Waals surface area (Å²) in [5.74, 6) is 6.56. The van der Waals surface area contributed by atoms with Crippen molar-refractivity contribution >= 4 is 20.2 Å². The van der Waals surface area contributed by atoms with Crippen LogP contribution in [-0.2, 0) is 30.1 Å². The lowest BCUT2D eigenvalue weighted by Gasteiger charge is -2.40. The Morgan fingerprint density at radius 3 is 2.53 bits per heavy atom. The number of benzene rings is 1. The maximum Gasteiger partial charge on any atom is 0.326 e. The number of hydrogen-bond acceptors (Lipinski definition) is 7. The van der Waals surface area contributed by atoms with Crippen LogP contribution >= 0.6 is 0 Å². The lowest BCUT2D eigenvalue weighted by molar-refractivity contribution is -0.195. The molecule has 0 unspecified atom stereocenters. The van der Waals surface area contributed by atoms with Crippen molar-refractivity contribution in [2.75, 3.05) is 27.2 Å². The average molecular weight is 640 g/mol. The van der Waals surface area contributed by atoms with Gasteiger partial charge in [-0.3, -0.25) is 14.4 Å². The summed E-state index contributed by atoms with van der Waals surface area (Å²) in [5, 5.41) is 5.07. The number of likely N-dealkylation sites (N-methyl/N-ethyl adjacent to an activating group) is 1. The van der Waals surface area contributed by atoms with E-state index in [1.807, 2.05) is 49.2 Å². The topological polar surface area (TPSA) is 80.3 Å². The molecule has 4 rings (SSSR count). The molecule has 4 atom stereocenters. The number of nitrogens with zero attached hydrogens (tertiary/aromatic N) is 2. The lowest BCUT2D eigenvalue weighted by atomic mass is 9.82. The van der Waals surface area contributed by atoms with Gasteiger partial charge >= 0.3 is 5.97 Å². The van der Waals surface area contributed by atoms with Crippen LogP contribution in [0.5, 0.6) is 0 Å². The Bertz CT molecular complexity index is 1210. The minimum atomic E-state index is -2.04. The number of ether oxygens (including phenoxy) is 1. The van der Waals surface area contributed by atoms with Crippen molar-refractivity contribution in [2.45, 2.75) is 134 Å². The first-order valence-corrected chi connectivity index (χ1v) is 19.5. The second kappa shape index (κ2) is 15.6. The molecule has 0 radical (unpaired) electrons. The van der Waals surface area contributed by atoms with E-state index < -0.39 is 19.9 Å². The molecule has 2 heterocycles. The minimum Gasteiger partial charge on any atom is -0.461 e. The first-order chi connectivity index (χ1) is 21.4. The molecular formula is C36H57N3O5Si. The van der Waals surface area contributed by atoms with Crippen LogP contribution in [-0.4, -0.2) is 81.2 Å². The number of rotatable bonds is 13. The summed E-state index contributed by atoms with van der Waals surface area (Å²) in [4.78, 5) is 34.2. The third kappa shape index (κ3) is 8.58. The molecule has 1 aliphatic carbocycles. The SMILES string of the molecule is CCCC[Si](OC[C@@H]1ON(Cc2cccc(C#CC3(NC(=O)CN(C)C)CCCCC3)c2)[C@@H]2C(=O)O[C@@H](C)[C@H]12)(C(C)C)C(C)C. The van der Waals surface area contributed by atoms with Gasteiger partial charge in [-0.05, 0) is 68.7 Å². The van der Waals surface area contributed by atoms with Crippen molar-refractivity contribution in [3.05, 3.63) is 35.4 Å². The Labute approximate surface area is 273 Å². The van der Waals surface area contributed by atoms with E-state index in [2.05, 4.69) is 57.8 Å². The van der Waals surface area contributed by atoms with Crippen molar-refractivity contribution in [2.24, 2.45) is 5.92 Å². The largest absolute Gasteiger partial charge is 0.461 e. The zero-order valence-electron chi connectivity index (χ0n) is 29.0. The molecule has 250 valence electrons. The van der Waals surface area contributed by atoms with Crippen molar-refractivity contribution in [3.8, 4) is 11.8 Å². The van der Waals surface area contributed by atoms with Crippen molar-refractivity contribution in [1.29, 1.82) is 0 Å². The van der Waals surface area contributed by atoms with Gasteiger partial charge in [0.05, 0.1) is 25.6 Å². The highest BCUT2D eigenvalue weighted by Gasteiger charge is 2.57. The smallest absolute Gasteiger partial charge is 0.326 e. The Hall–Kier alpha value is -2.22. The molecule has 3 fully saturated rings. The summed E-state index contributed by atoms with van der Waals surface area (Å²) in [5.41, 5.74) is 2.40. The molecular weight excluding hydrogens is 582 g/mol. The summed E-state index contributed by atoms with van der Waals surface area (Å²) < 4.78 is 12.7. The number of carbonyl (C=O) groups is 2. The molecule has 3 aliphatic rings. The van der Waals surface area contributed by atoms with Gasteiger partial charge in [-0.2, -0.15) is 5.06 Å². The van der Waals surface area contributed by atoms with Crippen LogP contribution in [0.1, 0.15) is 97.6 Å². The quantitative estimate of drug-likeness (QED) is 0.160. The first-order valence-electron chi connectivity index (χ1n) is 17.3. The van der Waals surface area contributed by atoms with Gasteiger partial charge in [0.15, 0.2) is 8.32 Å². The highest BCUT2D eigenvalue weighted by atomic mass is 28.4. The van der Waals surface area contributed by atoms with Gasteiger partial charge in [-0.1, -0.05) is 90.7 Å². The zero-order chi connectivity index (χ0) is 32.8. The van der Waals surface area contributed by atoms with E-state index in [1.165, 1.54) is 12.8 Å². The third-order valence-corrected chi connectivity index (χ3v) is 15.9. The predicted octanol–water partition coefficient (Wildman–Crippen LogP) is 6.05. The van der Waals surface area contributed by atoms with Crippen LogP contribution in [0.25, 0.3) is 0 Å². The zero-order valence-corrected chi connectivity index (χ0v) is 30.0. The number of nitrogens with one attached hydrogen (secondary N) is 1. The third-order valence-electron chi connectivity index (χ3n) is 10.1. The maximum absolute atomic E-state index is 13.1. The van der Waals surface area contributed by atoms with Crippen molar-refractivity contribution in [3.63, 3.8) is 0 Å². The van der Waals surface area contributed by atoms with Gasteiger partial charge in [0.25, 0.3) is 0 Å². The van der Waals surface area contributed by atoms with Gasteiger partial charge in [0.1, 0.15) is 23.8 Å². The van der Waals surface area contributed by atoms with E-state index in [9.17, 15) is 9.59 Å². The highest BCUT2D eigenvalue weighted by Crippen LogP contribution is 2.42. The van der Waals surface area contributed by atoms with Gasteiger partial charge in [0.2, 0.25) is 5.91 Å². The Kier molecular flexibility index (Phi) is 12.3. The number of unbranched alkanes of at least 4 members (excludes halogenated alkanes) is 1. The van der Waals surface area contributed by atoms with Gasteiger partial charge in [-0.15, -0.1) is 0 Å². The van der Waals surface area contributed by atoms with E-state index in [4.69, 9.17) is 14.0 Å². The van der Waals surface area contributed by atoms with E-state index in [0.29, 0.717) is 30.8 Å². The van der Waals surface area contributed by atoms with Crippen molar-refractivity contribution in [1.82, 2.24) is 15.3 Å². The summed E-state index contributed by atoms with van der Waals surface area (Å²) in [7, 11) is 1.76. The molecule has 9 heteroatoms. The number of hydroxylamine groups is 2. The minimum absolute atomic E-state index is 0.00830. The van der Waals surface area contributed by atoms with Gasteiger partial charge in [0, 0.05) is 5.56 Å². The number of esters is 1. The number of cyclic esters (lactones) is 1. The fraction of sp³-hybridized carbons (Fsp3) is 0.722. The molecule has 0 aromatic heterocycles. The monoisotopic (exact) mass is 639 g/mol. The summed E-state index contributed by atoms with van der Waals surface area (Å²) in [6.07, 6.45) is 6.89. The standard InChI is InChI=1S/C36H57N3O5Si/c1-9-10-21-45(26(2)3,27(4)5)42-25-31-33-28(6)43-35(41)34(33)39(44-31)23-30-16-14-15-29(22-30)17-20-36(18-12-11-13-19-36)37-32(40)24-38(7)8/h14-16,22,26-28,31,33-34H,9-13,18-19,21,23-25H2,1-8H3,(H,37,40)/t28-,31-,33+,34-/m0/s1. The lowest BCUT2D eigenvalue weighted by Crippen LogP contribution is -2.51. The molecule has 1 saturated carbocycles. The first kappa shape index (κ1) is 35.6. The van der Waals surface area contributed by atoms with Gasteiger partial charge in [-0.25, -0.2) is 0 Å². The molecule has 2 aliphatic heterocycles. The fourth-order valence-electron chi connectivity index (χ4n) is 7.64. The molecule has 1 aromatic carbocycles. The van der Waals surface area contributed by atoms with Crippen LogP contribution in [0.4, 0.5) is 0 Å². The summed E-state index contributed by atoms with van der Waals surface area (Å²) in [6, 6.07) is 8.81. The Morgan fingerprint density at radius 1 is 1.18 bits per heavy atom. The van der Waals surface area contributed by atoms with Crippen LogP contribution in [0.2, 0.25) is 17.1 Å². The fourth-order valence-corrected chi connectivity index (χ4v) is 12.3. The molecule has 8 nitrogen and oxygen atoms in total. The number of amides is 1. The number of hydrogen-bond donors (Lipinski definition) is 1. The van der Waals surface area contributed by atoms with E-state index >= 15 is 0 Å². The number of fused-ring (bicyclic) bond motifs is 1. The van der Waals surface area contributed by atoms with E-state index in [-0.39, 0.29) is 30.0 Å². The van der Waals surface area contributed by atoms with Crippen LogP contribution < -0.4 is 5.32 Å². The van der Waals surface area contributed by atoms with Crippen LogP contribution in [0, 0.1) is 17.8 Å². The molecule has 1 amide bonds. The van der Waals surface area contributed by atoms with Gasteiger partial charge < -0.3 is 19.4 Å². The molecule has 0 bridgehead atoms. The summed E-state index contributed by atoms with van der Waals surface area (Å²) in [6.45, 7) is 14.7. The normalized spacial score (nSPS) is 24.9. The average Bonchev–Trinajstić information content (AvgIpc) is 3.49. The second-order valence-electron chi connectivity index (χ2n) is 14.4. The van der Waals surface area contributed by atoms with Crippen molar-refractivity contribution < 1.29 is 23.6 Å². The number of carbonyl (C=O) groups excluding carboxylic acids is 2. The predicted molar refractivity (Wildman–Crippen MR) is 181 cm³/mol. The van der Waals surface area contributed by atoms with Crippen LogP contribution in [0.15, 0.2) is 24.3 Å². The molecule has 1 aromatic rings.